The number of carbonyl (C=O) groups excluding carboxylic acids is 2. The van der Waals surface area contributed by atoms with Gasteiger partial charge in [-0.25, -0.2) is 4.90 Å². The maximum absolute atomic E-state index is 13.5. The summed E-state index contributed by atoms with van der Waals surface area (Å²) >= 11 is 0. The molecule has 2 aliphatic heterocycles. The van der Waals surface area contributed by atoms with Gasteiger partial charge in [-0.15, -0.1) is 0 Å². The molecule has 168 valence electrons. The maximum atomic E-state index is 13.5. The fourth-order valence-electron chi connectivity index (χ4n) is 3.99. The Morgan fingerprint density at radius 1 is 0.906 bits per heavy atom. The van der Waals surface area contributed by atoms with E-state index in [-0.39, 0.29) is 17.0 Å². The monoisotopic (exact) mass is 445 g/mol. The number of rotatable bonds is 4. The molecule has 9 heteroatoms. The largest absolute Gasteiger partial charge is 0.496 e. The fraction of sp³-hybridized carbons (Fsp3) is 0.304. The van der Waals surface area contributed by atoms with Gasteiger partial charge in [0, 0.05) is 31.7 Å². The molecule has 1 saturated heterocycles. The lowest BCUT2D eigenvalue weighted by Crippen LogP contribution is -2.46. The first-order valence-electron chi connectivity index (χ1n) is 10.1. The molecular weight excluding hydrogens is 423 g/mol. The van der Waals surface area contributed by atoms with E-state index in [0.29, 0.717) is 37.5 Å². The number of nitrogens with zero attached hydrogens (tertiary/aromatic N) is 3. The molecule has 0 aromatic heterocycles. The average Bonchev–Trinajstić information content (AvgIpc) is 3.03. The zero-order valence-corrected chi connectivity index (χ0v) is 17.6. The zero-order valence-electron chi connectivity index (χ0n) is 17.6. The predicted octanol–water partition coefficient (Wildman–Crippen LogP) is 3.25. The van der Waals surface area contributed by atoms with Crippen LogP contribution in [-0.4, -0.2) is 62.0 Å². The summed E-state index contributed by atoms with van der Waals surface area (Å²) < 4.78 is 45.2. The number of hydrogen-bond acceptors (Lipinski definition) is 5. The van der Waals surface area contributed by atoms with E-state index in [9.17, 15) is 22.8 Å². The van der Waals surface area contributed by atoms with Crippen molar-refractivity contribution in [3.05, 3.63) is 65.4 Å². The maximum Gasteiger partial charge on any atom is 0.416 e. The van der Waals surface area contributed by atoms with Gasteiger partial charge in [0.05, 0.1) is 23.9 Å². The lowest BCUT2D eigenvalue weighted by molar-refractivity contribution is -0.137. The number of anilines is 1. The Hall–Kier alpha value is -3.33. The Kier molecular flexibility index (Phi) is 5.68. The summed E-state index contributed by atoms with van der Waals surface area (Å²) in [5.74, 6) is -0.909. The van der Waals surface area contributed by atoms with Crippen molar-refractivity contribution < 1.29 is 27.5 Å². The number of hydrogen-bond donors (Lipinski definition) is 0. The molecule has 4 rings (SSSR count). The van der Waals surface area contributed by atoms with Gasteiger partial charge in [0.2, 0.25) is 0 Å². The van der Waals surface area contributed by atoms with Crippen molar-refractivity contribution in [2.24, 2.45) is 0 Å². The summed E-state index contributed by atoms with van der Waals surface area (Å²) in [6, 6.07) is 11.1. The van der Waals surface area contributed by atoms with Gasteiger partial charge < -0.3 is 14.5 Å². The summed E-state index contributed by atoms with van der Waals surface area (Å²) in [4.78, 5) is 31.8. The third kappa shape index (κ3) is 3.84. The Morgan fingerprint density at radius 2 is 1.59 bits per heavy atom. The van der Waals surface area contributed by atoms with Crippen LogP contribution in [0, 0.1) is 0 Å². The SMILES string of the molecule is COc1ccccc1C1=C(N2CCN(C)CC2)C(=O)N(c2cccc(C(F)(F)F)c2)C1=O. The Morgan fingerprint density at radius 3 is 2.25 bits per heavy atom. The molecule has 0 saturated carbocycles. The number of methoxy groups -OCH3 is 1. The number of amides is 2. The van der Waals surface area contributed by atoms with Crippen LogP contribution in [0.2, 0.25) is 0 Å². The van der Waals surface area contributed by atoms with Gasteiger partial charge in [-0.3, -0.25) is 9.59 Å². The number of piperazine rings is 1. The van der Waals surface area contributed by atoms with E-state index in [1.807, 2.05) is 11.9 Å². The van der Waals surface area contributed by atoms with E-state index in [1.54, 1.807) is 24.3 Å². The molecule has 0 unspecified atom stereocenters. The van der Waals surface area contributed by atoms with E-state index < -0.39 is 23.6 Å². The van der Waals surface area contributed by atoms with Gasteiger partial charge in [0.1, 0.15) is 11.4 Å². The first-order valence-corrected chi connectivity index (χ1v) is 10.1. The van der Waals surface area contributed by atoms with Crippen LogP contribution < -0.4 is 9.64 Å². The Labute approximate surface area is 183 Å². The molecule has 2 aromatic rings. The molecule has 0 N–H and O–H groups in total. The van der Waals surface area contributed by atoms with Crippen molar-refractivity contribution in [3.63, 3.8) is 0 Å². The molecule has 2 heterocycles. The van der Waals surface area contributed by atoms with E-state index in [1.165, 1.54) is 19.2 Å². The van der Waals surface area contributed by atoms with Crippen molar-refractivity contribution in [1.82, 2.24) is 9.80 Å². The number of likely N-dealkylation sites (N-methyl/N-ethyl adjacent to an activating group) is 1. The highest BCUT2D eigenvalue weighted by molar-refractivity contribution is 6.45. The van der Waals surface area contributed by atoms with Crippen LogP contribution >= 0.6 is 0 Å². The second kappa shape index (κ2) is 8.31. The standard InChI is InChI=1S/C23H22F3N3O3/c1-27-10-12-28(13-11-27)20-19(17-8-3-4-9-18(17)32-2)21(30)29(22(20)31)16-7-5-6-15(14-16)23(24,25)26/h3-9,14H,10-13H2,1-2H3. The number of carbonyl (C=O) groups is 2. The van der Waals surface area contributed by atoms with Gasteiger partial charge in [0.15, 0.2) is 0 Å². The summed E-state index contributed by atoms with van der Waals surface area (Å²) in [5.41, 5.74) is -0.301. The van der Waals surface area contributed by atoms with Crippen molar-refractivity contribution in [2.75, 3.05) is 45.2 Å². The normalized spacial score (nSPS) is 18.0. The van der Waals surface area contributed by atoms with E-state index >= 15 is 0 Å². The highest BCUT2D eigenvalue weighted by Gasteiger charge is 2.44. The van der Waals surface area contributed by atoms with Crippen molar-refractivity contribution in [1.29, 1.82) is 0 Å². The van der Waals surface area contributed by atoms with Crippen LogP contribution in [0.4, 0.5) is 18.9 Å². The molecular formula is C23H22F3N3O3. The number of benzene rings is 2. The molecule has 1 fully saturated rings. The van der Waals surface area contributed by atoms with Crippen LogP contribution in [0.15, 0.2) is 54.2 Å². The second-order valence-electron chi connectivity index (χ2n) is 7.71. The van der Waals surface area contributed by atoms with Gasteiger partial charge in [-0.1, -0.05) is 24.3 Å². The Balaban J connectivity index is 1.84. The molecule has 0 bridgehead atoms. The lowest BCUT2D eigenvalue weighted by atomic mass is 10.0. The van der Waals surface area contributed by atoms with Crippen LogP contribution in [-0.2, 0) is 15.8 Å². The molecule has 2 amide bonds. The molecule has 32 heavy (non-hydrogen) atoms. The number of halogens is 3. The minimum absolute atomic E-state index is 0.119. The van der Waals surface area contributed by atoms with E-state index in [0.717, 1.165) is 17.0 Å². The number of imide groups is 1. The minimum Gasteiger partial charge on any atom is -0.496 e. The second-order valence-corrected chi connectivity index (χ2v) is 7.71. The van der Waals surface area contributed by atoms with E-state index in [4.69, 9.17) is 4.74 Å². The van der Waals surface area contributed by atoms with Crippen LogP contribution in [0.1, 0.15) is 11.1 Å². The van der Waals surface area contributed by atoms with Crippen molar-refractivity contribution >= 4 is 23.1 Å². The van der Waals surface area contributed by atoms with Crippen LogP contribution in [0.5, 0.6) is 5.75 Å². The Bertz CT molecular complexity index is 1090. The van der Waals surface area contributed by atoms with Crippen molar-refractivity contribution in [2.45, 2.75) is 6.18 Å². The van der Waals surface area contributed by atoms with Crippen LogP contribution in [0.3, 0.4) is 0 Å². The summed E-state index contributed by atoms with van der Waals surface area (Å²) in [6.07, 6.45) is -4.60. The molecule has 0 atom stereocenters. The third-order valence-corrected chi connectivity index (χ3v) is 5.69. The van der Waals surface area contributed by atoms with Gasteiger partial charge >= 0.3 is 6.18 Å². The average molecular weight is 445 g/mol. The first kappa shape index (κ1) is 21.9. The lowest BCUT2D eigenvalue weighted by Gasteiger charge is -2.34. The molecule has 0 radical (unpaired) electrons. The van der Waals surface area contributed by atoms with Gasteiger partial charge in [0.25, 0.3) is 11.8 Å². The van der Waals surface area contributed by atoms with Crippen molar-refractivity contribution in [3.8, 4) is 5.75 Å². The predicted molar refractivity (Wildman–Crippen MR) is 113 cm³/mol. The highest BCUT2D eigenvalue weighted by atomic mass is 19.4. The van der Waals surface area contributed by atoms with Gasteiger partial charge in [-0.05, 0) is 31.3 Å². The number of alkyl halides is 3. The number of para-hydroxylation sites is 1. The third-order valence-electron chi connectivity index (χ3n) is 5.69. The number of ether oxygens (including phenoxy) is 1. The van der Waals surface area contributed by atoms with E-state index in [2.05, 4.69) is 4.90 Å². The zero-order chi connectivity index (χ0) is 23.0. The quantitative estimate of drug-likeness (QED) is 0.677. The summed E-state index contributed by atoms with van der Waals surface area (Å²) in [6.45, 7) is 2.40. The topological polar surface area (TPSA) is 53.1 Å². The summed E-state index contributed by atoms with van der Waals surface area (Å²) in [7, 11) is 3.42. The minimum atomic E-state index is -4.60. The molecule has 0 spiro atoms. The smallest absolute Gasteiger partial charge is 0.416 e. The van der Waals surface area contributed by atoms with Crippen LogP contribution in [0.25, 0.3) is 5.57 Å². The molecule has 0 aliphatic carbocycles. The molecule has 2 aromatic carbocycles. The fourth-order valence-corrected chi connectivity index (χ4v) is 3.99. The van der Waals surface area contributed by atoms with Gasteiger partial charge in [-0.2, -0.15) is 13.2 Å². The highest BCUT2D eigenvalue weighted by Crippen LogP contribution is 2.39. The molecule has 6 nitrogen and oxygen atoms in total. The molecule has 2 aliphatic rings. The summed E-state index contributed by atoms with van der Waals surface area (Å²) in [5, 5.41) is 0. The first-order chi connectivity index (χ1) is 15.2.